The van der Waals surface area contributed by atoms with E-state index in [1.807, 2.05) is 12.1 Å². The van der Waals surface area contributed by atoms with Gasteiger partial charge in [0.1, 0.15) is 5.82 Å². The van der Waals surface area contributed by atoms with E-state index < -0.39 is 0 Å². The van der Waals surface area contributed by atoms with Crippen LogP contribution in [0.2, 0.25) is 0 Å². The number of nitrogens with zero attached hydrogens (tertiary/aromatic N) is 4. The number of halogens is 1. The maximum atomic E-state index is 13.5. The maximum absolute atomic E-state index is 13.5. The van der Waals surface area contributed by atoms with Crippen LogP contribution in [0, 0.1) is 5.82 Å². The molecule has 0 unspecified atom stereocenters. The molecule has 0 radical (unpaired) electrons. The highest BCUT2D eigenvalue weighted by Gasteiger charge is 2.09. The maximum Gasteiger partial charge on any atom is 0.224 e. The summed E-state index contributed by atoms with van der Waals surface area (Å²) in [6.45, 7) is 0.626. The number of amides is 1. The van der Waals surface area contributed by atoms with Gasteiger partial charge < -0.3 is 9.88 Å². The Morgan fingerprint density at radius 3 is 2.78 bits per heavy atom. The van der Waals surface area contributed by atoms with E-state index in [9.17, 15) is 9.18 Å². The van der Waals surface area contributed by atoms with Gasteiger partial charge in [-0.25, -0.2) is 4.39 Å². The Morgan fingerprint density at radius 2 is 2.04 bits per heavy atom. The minimum atomic E-state index is -0.349. The fraction of sp³-hybridized carbons (Fsp3) is 0.188. The van der Waals surface area contributed by atoms with Crippen LogP contribution in [0.3, 0.4) is 0 Å². The number of carbonyl (C=O) groups is 1. The van der Waals surface area contributed by atoms with Gasteiger partial charge in [-0.1, -0.05) is 5.21 Å². The van der Waals surface area contributed by atoms with Crippen molar-refractivity contribution in [2.24, 2.45) is 0 Å². The van der Waals surface area contributed by atoms with Crippen LogP contribution in [-0.2, 0) is 11.3 Å². The van der Waals surface area contributed by atoms with Crippen molar-refractivity contribution in [1.29, 1.82) is 0 Å². The van der Waals surface area contributed by atoms with Crippen LogP contribution in [0.25, 0.3) is 5.69 Å². The number of aryl methyl sites for hydroxylation is 1. The Balaban J connectivity index is 1.64. The molecule has 0 saturated heterocycles. The van der Waals surface area contributed by atoms with Gasteiger partial charge in [0.2, 0.25) is 5.91 Å². The molecule has 3 aromatic rings. The standard InChI is InChI=1S/C16H16FN5O/c17-13-5-6-14(15(12-13)21-8-1-2-9-21)19-16(23)4-3-10-22-11-7-18-20-22/h1-2,5-9,11-12H,3-4,10H2,(H,19,23). The summed E-state index contributed by atoms with van der Waals surface area (Å²) in [5.74, 6) is -0.469. The minimum Gasteiger partial charge on any atom is -0.324 e. The first-order valence-corrected chi connectivity index (χ1v) is 7.29. The molecule has 0 spiro atoms. The highest BCUT2D eigenvalue weighted by molar-refractivity contribution is 5.92. The molecular formula is C16H16FN5O. The first-order chi connectivity index (χ1) is 11.2. The summed E-state index contributed by atoms with van der Waals surface area (Å²) >= 11 is 0. The molecule has 3 rings (SSSR count). The van der Waals surface area contributed by atoms with Crippen LogP contribution in [-0.4, -0.2) is 25.5 Å². The molecule has 7 heteroatoms. The summed E-state index contributed by atoms with van der Waals surface area (Å²) in [5, 5.41) is 10.4. The molecule has 0 aliphatic heterocycles. The van der Waals surface area contributed by atoms with Gasteiger partial charge in [-0.3, -0.25) is 9.48 Å². The highest BCUT2D eigenvalue weighted by Crippen LogP contribution is 2.22. The van der Waals surface area contributed by atoms with Crippen molar-refractivity contribution in [3.63, 3.8) is 0 Å². The number of hydrogen-bond donors (Lipinski definition) is 1. The minimum absolute atomic E-state index is 0.120. The summed E-state index contributed by atoms with van der Waals surface area (Å²) in [6.07, 6.45) is 7.95. The summed E-state index contributed by atoms with van der Waals surface area (Å²) in [5.41, 5.74) is 1.17. The van der Waals surface area contributed by atoms with E-state index in [2.05, 4.69) is 15.6 Å². The first kappa shape index (κ1) is 15.0. The van der Waals surface area contributed by atoms with Gasteiger partial charge in [-0.15, -0.1) is 5.10 Å². The quantitative estimate of drug-likeness (QED) is 0.761. The normalized spacial score (nSPS) is 10.7. The third-order valence-corrected chi connectivity index (χ3v) is 3.38. The van der Waals surface area contributed by atoms with Crippen molar-refractivity contribution in [1.82, 2.24) is 19.6 Å². The fourth-order valence-corrected chi connectivity index (χ4v) is 2.29. The van der Waals surface area contributed by atoms with Gasteiger partial charge in [0.15, 0.2) is 0 Å². The number of aromatic nitrogens is 4. The van der Waals surface area contributed by atoms with Crippen molar-refractivity contribution >= 4 is 11.6 Å². The summed E-state index contributed by atoms with van der Waals surface area (Å²) in [6, 6.07) is 7.98. The van der Waals surface area contributed by atoms with Crippen LogP contribution >= 0.6 is 0 Å². The molecule has 1 aromatic carbocycles. The van der Waals surface area contributed by atoms with Crippen molar-refractivity contribution in [2.45, 2.75) is 19.4 Å². The van der Waals surface area contributed by atoms with Crippen LogP contribution in [0.15, 0.2) is 55.1 Å². The third-order valence-electron chi connectivity index (χ3n) is 3.38. The molecular weight excluding hydrogens is 297 g/mol. The third kappa shape index (κ3) is 3.82. The second-order valence-corrected chi connectivity index (χ2v) is 5.07. The molecule has 118 valence electrons. The molecule has 1 amide bonds. The monoisotopic (exact) mass is 313 g/mol. The number of anilines is 1. The lowest BCUT2D eigenvalue weighted by atomic mass is 10.2. The summed E-state index contributed by atoms with van der Waals surface area (Å²) in [7, 11) is 0. The molecule has 6 nitrogen and oxygen atoms in total. The average Bonchev–Trinajstić information content (AvgIpc) is 3.22. The van der Waals surface area contributed by atoms with Crippen molar-refractivity contribution < 1.29 is 9.18 Å². The molecule has 23 heavy (non-hydrogen) atoms. The van der Waals surface area contributed by atoms with E-state index in [0.717, 1.165) is 0 Å². The first-order valence-electron chi connectivity index (χ1n) is 7.29. The molecule has 0 bridgehead atoms. The predicted molar refractivity (Wildman–Crippen MR) is 83.6 cm³/mol. The van der Waals surface area contributed by atoms with Crippen molar-refractivity contribution in [2.75, 3.05) is 5.32 Å². The van der Waals surface area contributed by atoms with E-state index in [0.29, 0.717) is 30.8 Å². The lowest BCUT2D eigenvalue weighted by Crippen LogP contribution is -2.14. The Morgan fingerprint density at radius 1 is 1.22 bits per heavy atom. The van der Waals surface area contributed by atoms with Crippen LogP contribution < -0.4 is 5.32 Å². The van der Waals surface area contributed by atoms with Gasteiger partial charge in [0, 0.05) is 31.6 Å². The number of benzene rings is 1. The second-order valence-electron chi connectivity index (χ2n) is 5.07. The van der Waals surface area contributed by atoms with E-state index in [-0.39, 0.29) is 11.7 Å². The zero-order valence-electron chi connectivity index (χ0n) is 12.4. The zero-order chi connectivity index (χ0) is 16.1. The Labute approximate surface area is 132 Å². The number of nitrogens with one attached hydrogen (secondary N) is 1. The lowest BCUT2D eigenvalue weighted by molar-refractivity contribution is -0.116. The zero-order valence-corrected chi connectivity index (χ0v) is 12.4. The fourth-order valence-electron chi connectivity index (χ4n) is 2.29. The van der Waals surface area contributed by atoms with Gasteiger partial charge in [0.05, 0.1) is 17.6 Å². The smallest absolute Gasteiger partial charge is 0.224 e. The van der Waals surface area contributed by atoms with E-state index in [1.165, 1.54) is 12.1 Å². The topological polar surface area (TPSA) is 64.7 Å². The molecule has 0 atom stereocenters. The lowest BCUT2D eigenvalue weighted by Gasteiger charge is -2.12. The van der Waals surface area contributed by atoms with Gasteiger partial charge in [-0.05, 0) is 36.8 Å². The van der Waals surface area contributed by atoms with Crippen LogP contribution in [0.1, 0.15) is 12.8 Å². The largest absolute Gasteiger partial charge is 0.324 e. The number of carbonyl (C=O) groups excluding carboxylic acids is 1. The Bertz CT molecular complexity index is 768. The second kappa shape index (κ2) is 6.87. The molecule has 0 saturated carbocycles. The SMILES string of the molecule is O=C(CCCn1ccnn1)Nc1ccc(F)cc1-n1cccc1. The molecule has 0 aliphatic carbocycles. The van der Waals surface area contributed by atoms with Gasteiger partial charge >= 0.3 is 0 Å². The molecule has 2 heterocycles. The Hall–Kier alpha value is -2.96. The number of rotatable bonds is 6. The van der Waals surface area contributed by atoms with E-state index in [1.54, 1.807) is 40.1 Å². The predicted octanol–water partition coefficient (Wildman–Crippen LogP) is 2.63. The molecule has 1 N–H and O–H groups in total. The van der Waals surface area contributed by atoms with Crippen molar-refractivity contribution in [3.05, 3.63) is 60.9 Å². The summed E-state index contributed by atoms with van der Waals surface area (Å²) < 4.78 is 16.9. The number of hydrogen-bond acceptors (Lipinski definition) is 3. The van der Waals surface area contributed by atoms with Crippen LogP contribution in [0.5, 0.6) is 0 Å². The molecule has 0 aliphatic rings. The summed E-state index contributed by atoms with van der Waals surface area (Å²) in [4.78, 5) is 12.1. The van der Waals surface area contributed by atoms with E-state index >= 15 is 0 Å². The molecule has 2 aromatic heterocycles. The molecule has 0 fully saturated rings. The highest BCUT2D eigenvalue weighted by atomic mass is 19.1. The van der Waals surface area contributed by atoms with Crippen molar-refractivity contribution in [3.8, 4) is 5.69 Å². The van der Waals surface area contributed by atoms with Gasteiger partial charge in [0.25, 0.3) is 0 Å². The van der Waals surface area contributed by atoms with E-state index in [4.69, 9.17) is 0 Å². The Kier molecular flexibility index (Phi) is 4.46. The average molecular weight is 313 g/mol. The van der Waals surface area contributed by atoms with Gasteiger partial charge in [-0.2, -0.15) is 0 Å². The van der Waals surface area contributed by atoms with Crippen LogP contribution in [0.4, 0.5) is 10.1 Å².